The molecule has 0 unspecified atom stereocenters. The molecule has 2 N–H and O–H groups in total. The lowest BCUT2D eigenvalue weighted by molar-refractivity contribution is 0.00973. The number of nitrogens with zero attached hydrogens (tertiary/aromatic N) is 7. The van der Waals surface area contributed by atoms with Crippen LogP contribution in [-0.2, 0) is 10.3 Å². The number of amides is 1. The molecule has 0 radical (unpaired) electrons. The molecule has 3 fully saturated rings. The molecule has 13 heteroatoms. The van der Waals surface area contributed by atoms with Crippen molar-refractivity contribution in [2.24, 2.45) is 5.73 Å². The number of anilines is 2. The van der Waals surface area contributed by atoms with Crippen LogP contribution < -0.4 is 15.5 Å². The van der Waals surface area contributed by atoms with Gasteiger partial charge in [-0.3, -0.25) is 4.79 Å². The molecule has 2 saturated heterocycles. The van der Waals surface area contributed by atoms with Gasteiger partial charge < -0.3 is 29.7 Å². The van der Waals surface area contributed by atoms with Crippen LogP contribution in [0.5, 0.6) is 0 Å². The van der Waals surface area contributed by atoms with Gasteiger partial charge in [-0.2, -0.15) is 4.98 Å². The predicted molar refractivity (Wildman–Crippen MR) is 150 cm³/mol. The molecule has 0 spiro atoms. The molecular formula is C29H36F2N8O3. The van der Waals surface area contributed by atoms with Crippen LogP contribution in [0.3, 0.4) is 0 Å². The van der Waals surface area contributed by atoms with Crippen molar-refractivity contribution >= 4 is 17.9 Å². The molecule has 3 aromatic rings. The Balaban J connectivity index is 1.10. The molecule has 2 aromatic heterocycles. The van der Waals surface area contributed by atoms with Crippen LogP contribution in [0.4, 0.5) is 20.7 Å². The SMILES string of the molecule is COC(C)(C)c1noc(N2CCC(N(C(=O)c3cnc(N4C[C@H](c5cc(F)ccc5F)[C@@H](N)C4)nc3)C3CC3)CC2)n1. The van der Waals surface area contributed by atoms with Gasteiger partial charge in [-0.15, -0.1) is 0 Å². The first kappa shape index (κ1) is 28.4. The summed E-state index contributed by atoms with van der Waals surface area (Å²) in [5, 5.41) is 4.09. The maximum absolute atomic E-state index is 14.4. The predicted octanol–water partition coefficient (Wildman–Crippen LogP) is 3.22. The summed E-state index contributed by atoms with van der Waals surface area (Å²) in [5.41, 5.74) is 6.33. The van der Waals surface area contributed by atoms with Gasteiger partial charge >= 0.3 is 6.01 Å². The highest BCUT2D eigenvalue weighted by Crippen LogP contribution is 2.35. The second-order valence-corrected chi connectivity index (χ2v) is 11.9. The molecule has 1 aromatic carbocycles. The Morgan fingerprint density at radius 3 is 2.43 bits per heavy atom. The van der Waals surface area contributed by atoms with Gasteiger partial charge in [0.1, 0.15) is 17.2 Å². The number of carbonyl (C=O) groups excluding carboxylic acids is 1. The zero-order valence-electron chi connectivity index (χ0n) is 24.0. The van der Waals surface area contributed by atoms with E-state index in [4.69, 9.17) is 15.0 Å². The van der Waals surface area contributed by atoms with E-state index in [1.165, 1.54) is 6.07 Å². The van der Waals surface area contributed by atoms with Crippen LogP contribution >= 0.6 is 0 Å². The molecule has 1 saturated carbocycles. The first-order valence-corrected chi connectivity index (χ1v) is 14.4. The van der Waals surface area contributed by atoms with Crippen molar-refractivity contribution in [3.05, 3.63) is 59.2 Å². The van der Waals surface area contributed by atoms with Gasteiger partial charge in [0.25, 0.3) is 5.91 Å². The lowest BCUT2D eigenvalue weighted by atomic mass is 9.94. The van der Waals surface area contributed by atoms with Crippen molar-refractivity contribution < 1.29 is 22.8 Å². The summed E-state index contributed by atoms with van der Waals surface area (Å²) in [5.74, 6) is -0.564. The van der Waals surface area contributed by atoms with Crippen LogP contribution in [0.1, 0.15) is 67.2 Å². The number of carbonyl (C=O) groups is 1. The van der Waals surface area contributed by atoms with E-state index in [2.05, 4.69) is 25.0 Å². The molecule has 11 nitrogen and oxygen atoms in total. The fraction of sp³-hybridized carbons (Fsp3) is 0.552. The zero-order chi connectivity index (χ0) is 29.6. The molecule has 0 bridgehead atoms. The second kappa shape index (κ2) is 11.2. The summed E-state index contributed by atoms with van der Waals surface area (Å²) in [6, 6.07) is 3.76. The molecule has 2 atom stereocenters. The largest absolute Gasteiger partial charge is 0.371 e. The number of benzene rings is 1. The van der Waals surface area contributed by atoms with Crippen LogP contribution in [-0.4, -0.2) is 82.3 Å². The van der Waals surface area contributed by atoms with E-state index in [0.29, 0.717) is 49.5 Å². The first-order valence-electron chi connectivity index (χ1n) is 14.4. The highest BCUT2D eigenvalue weighted by molar-refractivity contribution is 5.94. The lowest BCUT2D eigenvalue weighted by Gasteiger charge is -2.38. The number of piperidine rings is 1. The third-order valence-electron chi connectivity index (χ3n) is 8.66. The van der Waals surface area contributed by atoms with E-state index < -0.39 is 29.2 Å². The highest BCUT2D eigenvalue weighted by Gasteiger charge is 2.40. The van der Waals surface area contributed by atoms with Crippen molar-refractivity contribution in [3.8, 4) is 0 Å². The fourth-order valence-electron chi connectivity index (χ4n) is 5.86. The molecule has 1 amide bonds. The third kappa shape index (κ3) is 5.54. The van der Waals surface area contributed by atoms with Gasteiger partial charge in [0.2, 0.25) is 11.8 Å². The van der Waals surface area contributed by atoms with Crippen molar-refractivity contribution in [2.45, 2.75) is 69.2 Å². The van der Waals surface area contributed by atoms with E-state index in [0.717, 1.165) is 37.8 Å². The molecule has 1 aliphatic carbocycles. The van der Waals surface area contributed by atoms with Crippen LogP contribution in [0.25, 0.3) is 0 Å². The Morgan fingerprint density at radius 2 is 1.76 bits per heavy atom. The van der Waals surface area contributed by atoms with Crippen molar-refractivity contribution in [1.29, 1.82) is 0 Å². The fourth-order valence-corrected chi connectivity index (χ4v) is 5.86. The van der Waals surface area contributed by atoms with Crippen LogP contribution in [0.2, 0.25) is 0 Å². The maximum atomic E-state index is 14.4. The summed E-state index contributed by atoms with van der Waals surface area (Å²) < 4.78 is 39.1. The smallest absolute Gasteiger partial charge is 0.324 e. The van der Waals surface area contributed by atoms with Crippen molar-refractivity contribution in [2.75, 3.05) is 43.1 Å². The Morgan fingerprint density at radius 1 is 1.07 bits per heavy atom. The molecular weight excluding hydrogens is 546 g/mol. The Kier molecular flexibility index (Phi) is 7.56. The van der Waals surface area contributed by atoms with Gasteiger partial charge in [-0.1, -0.05) is 5.16 Å². The molecule has 4 heterocycles. The number of nitrogens with two attached hydrogens (primary N) is 1. The minimum atomic E-state index is -0.644. The van der Waals surface area contributed by atoms with Crippen LogP contribution in [0, 0.1) is 11.6 Å². The van der Waals surface area contributed by atoms with Gasteiger partial charge in [-0.05, 0) is 63.3 Å². The minimum Gasteiger partial charge on any atom is -0.371 e. The maximum Gasteiger partial charge on any atom is 0.324 e. The number of ether oxygens (including phenoxy) is 1. The molecule has 3 aliphatic rings. The summed E-state index contributed by atoms with van der Waals surface area (Å²) in [6.45, 7) is 5.89. The van der Waals surface area contributed by atoms with E-state index in [1.807, 2.05) is 23.6 Å². The van der Waals surface area contributed by atoms with Gasteiger partial charge in [0.15, 0.2) is 0 Å². The van der Waals surface area contributed by atoms with Crippen molar-refractivity contribution in [3.63, 3.8) is 0 Å². The third-order valence-corrected chi connectivity index (χ3v) is 8.66. The summed E-state index contributed by atoms with van der Waals surface area (Å²) in [6.07, 6.45) is 6.61. The van der Waals surface area contributed by atoms with Crippen molar-refractivity contribution in [1.82, 2.24) is 25.0 Å². The van der Waals surface area contributed by atoms with E-state index in [-0.39, 0.29) is 23.6 Å². The Hall–Kier alpha value is -3.71. The highest BCUT2D eigenvalue weighted by atomic mass is 19.1. The Bertz CT molecular complexity index is 1420. The normalized spacial score (nSPS) is 21.7. The average Bonchev–Trinajstić information content (AvgIpc) is 3.54. The average molecular weight is 583 g/mol. The number of halogens is 2. The summed E-state index contributed by atoms with van der Waals surface area (Å²) in [4.78, 5) is 33.0. The topological polar surface area (TPSA) is 127 Å². The lowest BCUT2D eigenvalue weighted by Crippen LogP contribution is -2.48. The summed E-state index contributed by atoms with van der Waals surface area (Å²) in [7, 11) is 1.61. The number of aromatic nitrogens is 4. The van der Waals surface area contributed by atoms with Gasteiger partial charge in [0.05, 0.1) is 5.56 Å². The van der Waals surface area contributed by atoms with E-state index >= 15 is 0 Å². The molecule has 224 valence electrons. The zero-order valence-corrected chi connectivity index (χ0v) is 24.0. The minimum absolute atomic E-state index is 0.0808. The monoisotopic (exact) mass is 582 g/mol. The second-order valence-electron chi connectivity index (χ2n) is 11.9. The quantitative estimate of drug-likeness (QED) is 0.423. The number of methoxy groups -OCH3 is 1. The number of hydrogen-bond donors (Lipinski definition) is 1. The molecule has 2 aliphatic heterocycles. The van der Waals surface area contributed by atoms with E-state index in [1.54, 1.807) is 19.5 Å². The number of rotatable bonds is 8. The number of hydrogen-bond acceptors (Lipinski definition) is 10. The Labute approximate surface area is 243 Å². The molecule has 42 heavy (non-hydrogen) atoms. The standard InChI is InChI=1S/C29H36F2N8O3/c1-29(2,41-3)26-35-28(42-36-26)37-10-8-20(9-11-37)39(19-5-6-19)25(40)17-13-33-27(34-14-17)38-15-22(24(32)16-38)21-12-18(30)4-7-23(21)31/h4,7,12-14,19-20,22,24H,5-6,8-11,15-16,32H2,1-3H3/t22-,24+/m1/s1. The van der Waals surface area contributed by atoms with Gasteiger partial charge in [-0.25, -0.2) is 18.7 Å². The van der Waals surface area contributed by atoms with E-state index in [9.17, 15) is 13.6 Å². The summed E-state index contributed by atoms with van der Waals surface area (Å²) >= 11 is 0. The first-order chi connectivity index (χ1) is 20.1. The van der Waals surface area contributed by atoms with Crippen LogP contribution in [0.15, 0.2) is 35.1 Å². The van der Waals surface area contributed by atoms with Gasteiger partial charge in [0, 0.05) is 69.7 Å². The molecule has 6 rings (SSSR count).